The van der Waals surface area contributed by atoms with E-state index in [4.69, 9.17) is 4.74 Å². The van der Waals surface area contributed by atoms with E-state index in [0.29, 0.717) is 12.6 Å². The number of nitrogens with one attached hydrogen (secondary N) is 1. The maximum absolute atomic E-state index is 12.0. The van der Waals surface area contributed by atoms with Gasteiger partial charge in [-0.15, -0.1) is 0 Å². The molecule has 0 bridgehead atoms. The Balaban J connectivity index is 1.61. The predicted molar refractivity (Wildman–Crippen MR) is 81.0 cm³/mol. The van der Waals surface area contributed by atoms with Crippen molar-refractivity contribution in [2.45, 2.75) is 51.6 Å². The second-order valence-corrected chi connectivity index (χ2v) is 5.56. The number of carbonyl (C=O) groups excluding carboxylic acids is 1. The highest BCUT2D eigenvalue weighted by molar-refractivity contribution is 5.95. The van der Waals surface area contributed by atoms with Gasteiger partial charge in [0.25, 0.3) is 5.91 Å². The van der Waals surface area contributed by atoms with Crippen molar-refractivity contribution in [1.82, 2.24) is 5.32 Å². The summed E-state index contributed by atoms with van der Waals surface area (Å²) in [4.78, 5) is 12.0. The highest BCUT2D eigenvalue weighted by Crippen LogP contribution is 2.20. The highest BCUT2D eigenvalue weighted by atomic mass is 16.5. The Hall–Kier alpha value is -1.35. The highest BCUT2D eigenvalue weighted by Gasteiger charge is 2.13. The Morgan fingerprint density at radius 1 is 1.25 bits per heavy atom. The first kappa shape index (κ1) is 15.0. The van der Waals surface area contributed by atoms with Crippen LogP contribution < -0.4 is 5.32 Å². The van der Waals surface area contributed by atoms with Gasteiger partial charge >= 0.3 is 0 Å². The van der Waals surface area contributed by atoms with Crippen molar-refractivity contribution in [3.05, 3.63) is 35.4 Å². The number of carbonyl (C=O) groups is 1. The van der Waals surface area contributed by atoms with Crippen molar-refractivity contribution >= 4 is 5.91 Å². The van der Waals surface area contributed by atoms with Crippen molar-refractivity contribution in [2.75, 3.05) is 13.2 Å². The molecule has 0 unspecified atom stereocenters. The van der Waals surface area contributed by atoms with Gasteiger partial charge in [0.05, 0.1) is 6.10 Å². The van der Waals surface area contributed by atoms with Crippen LogP contribution in [0.4, 0.5) is 0 Å². The lowest BCUT2D eigenvalue weighted by Crippen LogP contribution is -2.26. The summed E-state index contributed by atoms with van der Waals surface area (Å²) in [5.74, 6) is 0.0146. The molecule has 2 rings (SSSR count). The summed E-state index contributed by atoms with van der Waals surface area (Å²) in [5.41, 5.74) is 1.78. The van der Waals surface area contributed by atoms with Crippen LogP contribution in [0.5, 0.6) is 0 Å². The lowest BCUT2D eigenvalue weighted by Gasteiger charge is -2.21. The Bertz CT molecular complexity index is 425. The van der Waals surface area contributed by atoms with Gasteiger partial charge in [-0.25, -0.2) is 0 Å². The molecule has 0 atom stereocenters. The third-order valence-corrected chi connectivity index (χ3v) is 3.90. The summed E-state index contributed by atoms with van der Waals surface area (Å²) < 4.78 is 5.84. The van der Waals surface area contributed by atoms with Crippen LogP contribution in [0.15, 0.2) is 24.3 Å². The summed E-state index contributed by atoms with van der Waals surface area (Å²) >= 11 is 0. The molecular formula is C17H25NO2. The topological polar surface area (TPSA) is 38.3 Å². The van der Waals surface area contributed by atoms with Crippen LogP contribution in [0.1, 0.15) is 54.4 Å². The van der Waals surface area contributed by atoms with Crippen molar-refractivity contribution in [2.24, 2.45) is 0 Å². The minimum Gasteiger partial charge on any atom is -0.378 e. The molecule has 1 aromatic rings. The first-order valence-electron chi connectivity index (χ1n) is 7.73. The molecule has 3 heteroatoms. The molecule has 1 N–H and O–H groups in total. The monoisotopic (exact) mass is 275 g/mol. The van der Waals surface area contributed by atoms with Crippen LogP contribution in [0.25, 0.3) is 0 Å². The first-order valence-corrected chi connectivity index (χ1v) is 7.73. The Morgan fingerprint density at radius 3 is 2.75 bits per heavy atom. The van der Waals surface area contributed by atoms with Crippen LogP contribution in [0.2, 0.25) is 0 Å². The van der Waals surface area contributed by atoms with Crippen LogP contribution in [-0.2, 0) is 4.74 Å². The van der Waals surface area contributed by atoms with Crippen LogP contribution in [0, 0.1) is 6.92 Å². The van der Waals surface area contributed by atoms with Crippen LogP contribution in [0.3, 0.4) is 0 Å². The number of rotatable bonds is 6. The minimum atomic E-state index is 0.0146. The average Bonchev–Trinajstić information content (AvgIpc) is 2.48. The Morgan fingerprint density at radius 2 is 2.00 bits per heavy atom. The second kappa shape index (κ2) is 8.05. The zero-order valence-corrected chi connectivity index (χ0v) is 12.4. The van der Waals surface area contributed by atoms with E-state index in [-0.39, 0.29) is 5.91 Å². The number of benzene rings is 1. The number of hydrogen-bond donors (Lipinski definition) is 1. The van der Waals surface area contributed by atoms with Gasteiger partial charge in [-0.05, 0) is 37.8 Å². The minimum absolute atomic E-state index is 0.0146. The summed E-state index contributed by atoms with van der Waals surface area (Å²) in [6.07, 6.45) is 7.70. The molecule has 1 amide bonds. The van der Waals surface area contributed by atoms with E-state index in [1.54, 1.807) is 0 Å². The van der Waals surface area contributed by atoms with Crippen LogP contribution in [-0.4, -0.2) is 25.2 Å². The predicted octanol–water partition coefficient (Wildman–Crippen LogP) is 3.46. The smallest absolute Gasteiger partial charge is 0.251 e. The molecule has 0 aromatic heterocycles. The Labute approximate surface area is 121 Å². The van der Waals surface area contributed by atoms with E-state index in [9.17, 15) is 4.79 Å². The SMILES string of the molecule is Cc1ccccc1C(=O)NCCCOC1CCCCC1. The van der Waals surface area contributed by atoms with Crippen molar-refractivity contribution in [3.8, 4) is 0 Å². The van der Waals surface area contributed by atoms with E-state index in [0.717, 1.165) is 24.2 Å². The molecule has 1 fully saturated rings. The van der Waals surface area contributed by atoms with E-state index >= 15 is 0 Å². The van der Waals surface area contributed by atoms with Crippen molar-refractivity contribution in [1.29, 1.82) is 0 Å². The summed E-state index contributed by atoms with van der Waals surface area (Å²) in [7, 11) is 0. The maximum atomic E-state index is 12.0. The molecule has 0 aliphatic heterocycles. The lowest BCUT2D eigenvalue weighted by molar-refractivity contribution is 0.0273. The molecule has 1 aliphatic rings. The second-order valence-electron chi connectivity index (χ2n) is 5.56. The molecular weight excluding hydrogens is 250 g/mol. The molecule has 0 saturated heterocycles. The van der Waals surface area contributed by atoms with Crippen LogP contribution >= 0.6 is 0 Å². The summed E-state index contributed by atoms with van der Waals surface area (Å²) in [6.45, 7) is 3.39. The zero-order chi connectivity index (χ0) is 14.2. The van der Waals surface area contributed by atoms with Gasteiger partial charge in [0.2, 0.25) is 0 Å². The third kappa shape index (κ3) is 4.64. The molecule has 110 valence electrons. The summed E-state index contributed by atoms with van der Waals surface area (Å²) in [6, 6.07) is 7.67. The quantitative estimate of drug-likeness (QED) is 0.807. The van der Waals surface area contributed by atoms with Gasteiger partial charge in [-0.2, -0.15) is 0 Å². The largest absolute Gasteiger partial charge is 0.378 e. The van der Waals surface area contributed by atoms with Gasteiger partial charge in [0, 0.05) is 18.7 Å². The van der Waals surface area contributed by atoms with Gasteiger partial charge < -0.3 is 10.1 Å². The fourth-order valence-electron chi connectivity index (χ4n) is 2.68. The van der Waals surface area contributed by atoms with Gasteiger partial charge in [-0.1, -0.05) is 37.5 Å². The molecule has 0 radical (unpaired) electrons. The number of hydrogen-bond acceptors (Lipinski definition) is 2. The van der Waals surface area contributed by atoms with E-state index in [1.165, 1.54) is 32.1 Å². The fourth-order valence-corrected chi connectivity index (χ4v) is 2.68. The van der Waals surface area contributed by atoms with Gasteiger partial charge in [0.1, 0.15) is 0 Å². The first-order chi connectivity index (χ1) is 9.77. The van der Waals surface area contributed by atoms with E-state index in [1.807, 2.05) is 31.2 Å². The third-order valence-electron chi connectivity index (χ3n) is 3.90. The molecule has 0 heterocycles. The molecule has 3 nitrogen and oxygen atoms in total. The molecule has 0 spiro atoms. The molecule has 1 aliphatic carbocycles. The van der Waals surface area contributed by atoms with Gasteiger partial charge in [0.15, 0.2) is 0 Å². The van der Waals surface area contributed by atoms with E-state index in [2.05, 4.69) is 5.32 Å². The number of aryl methyl sites for hydroxylation is 1. The lowest BCUT2D eigenvalue weighted by atomic mass is 9.98. The standard InChI is InChI=1S/C17H25NO2/c1-14-8-5-6-11-16(14)17(19)18-12-7-13-20-15-9-3-2-4-10-15/h5-6,8,11,15H,2-4,7,9-10,12-13H2,1H3,(H,18,19). The molecule has 1 saturated carbocycles. The van der Waals surface area contributed by atoms with Crippen molar-refractivity contribution in [3.63, 3.8) is 0 Å². The normalized spacial score (nSPS) is 16.1. The summed E-state index contributed by atoms with van der Waals surface area (Å²) in [5, 5.41) is 2.96. The fraction of sp³-hybridized carbons (Fsp3) is 0.588. The Kier molecular flexibility index (Phi) is 6.06. The average molecular weight is 275 g/mol. The molecule has 20 heavy (non-hydrogen) atoms. The maximum Gasteiger partial charge on any atom is 0.251 e. The number of ether oxygens (including phenoxy) is 1. The zero-order valence-electron chi connectivity index (χ0n) is 12.4. The van der Waals surface area contributed by atoms with E-state index < -0.39 is 0 Å². The van der Waals surface area contributed by atoms with Crippen molar-refractivity contribution < 1.29 is 9.53 Å². The number of amides is 1. The molecule has 1 aromatic carbocycles. The van der Waals surface area contributed by atoms with Gasteiger partial charge in [-0.3, -0.25) is 4.79 Å².